The number of quaternary nitrogens is 1. The van der Waals surface area contributed by atoms with Crippen LogP contribution in [0.25, 0.3) is 0 Å². The second-order valence-corrected chi connectivity index (χ2v) is 4.51. The molecule has 0 aliphatic carbocycles. The van der Waals surface area contributed by atoms with Gasteiger partial charge in [0.15, 0.2) is 0 Å². The van der Waals surface area contributed by atoms with Gasteiger partial charge in [0, 0.05) is 23.6 Å². The number of rotatable bonds is 5. The number of benzene rings is 1. The minimum atomic E-state index is -0.0366. The molecule has 0 spiro atoms. The lowest BCUT2D eigenvalue weighted by Gasteiger charge is -2.08. The molecule has 0 saturated heterocycles. The van der Waals surface area contributed by atoms with Crippen molar-refractivity contribution >= 4 is 17.5 Å². The van der Waals surface area contributed by atoms with Crippen LogP contribution in [0.15, 0.2) is 24.3 Å². The van der Waals surface area contributed by atoms with Crippen molar-refractivity contribution < 1.29 is 9.69 Å². The van der Waals surface area contributed by atoms with Crippen LogP contribution in [-0.4, -0.2) is 33.1 Å². The molecule has 0 saturated carbocycles. The van der Waals surface area contributed by atoms with Gasteiger partial charge in [-0.2, -0.15) is 0 Å². The molecule has 3 nitrogen and oxygen atoms in total. The molecule has 0 atom stereocenters. The van der Waals surface area contributed by atoms with Crippen LogP contribution in [0, 0.1) is 0 Å². The molecule has 0 radical (unpaired) electrons. The van der Waals surface area contributed by atoms with E-state index >= 15 is 0 Å². The number of carbonyl (C=O) groups excluding carboxylic acids is 1. The fourth-order valence-corrected chi connectivity index (χ4v) is 1.47. The van der Waals surface area contributed by atoms with Gasteiger partial charge in [0.1, 0.15) is 0 Å². The van der Waals surface area contributed by atoms with E-state index in [0.29, 0.717) is 17.1 Å². The molecule has 0 fully saturated rings. The first kappa shape index (κ1) is 13.0. The normalized spacial score (nSPS) is 10.5. The summed E-state index contributed by atoms with van der Waals surface area (Å²) in [4.78, 5) is 13.0. The molecule has 4 heteroatoms. The average Bonchev–Trinajstić information content (AvgIpc) is 2.25. The van der Waals surface area contributed by atoms with E-state index in [0.717, 1.165) is 13.0 Å². The van der Waals surface area contributed by atoms with Gasteiger partial charge >= 0.3 is 0 Å². The van der Waals surface area contributed by atoms with E-state index in [4.69, 9.17) is 11.6 Å². The number of carbonyl (C=O) groups is 1. The molecule has 0 unspecified atom stereocenters. The van der Waals surface area contributed by atoms with Crippen LogP contribution in [0.3, 0.4) is 0 Å². The van der Waals surface area contributed by atoms with Crippen LogP contribution in [-0.2, 0) is 0 Å². The van der Waals surface area contributed by atoms with E-state index in [9.17, 15) is 4.79 Å². The van der Waals surface area contributed by atoms with E-state index in [1.807, 2.05) is 0 Å². The molecular weight excluding hydrogens is 224 g/mol. The Hall–Kier alpha value is -1.06. The molecule has 0 aliphatic rings. The van der Waals surface area contributed by atoms with Crippen molar-refractivity contribution in [3.63, 3.8) is 0 Å². The number of amides is 1. The van der Waals surface area contributed by atoms with Gasteiger partial charge in [0.25, 0.3) is 5.91 Å². The summed E-state index contributed by atoms with van der Waals surface area (Å²) >= 11 is 5.74. The number of hydrogen-bond donors (Lipinski definition) is 2. The lowest BCUT2D eigenvalue weighted by Crippen LogP contribution is -3.05. The molecule has 1 aromatic carbocycles. The second kappa shape index (κ2) is 6.51. The average molecular weight is 242 g/mol. The highest BCUT2D eigenvalue weighted by molar-refractivity contribution is 6.30. The van der Waals surface area contributed by atoms with E-state index in [1.54, 1.807) is 24.3 Å². The minimum Gasteiger partial charge on any atom is -0.352 e. The van der Waals surface area contributed by atoms with Gasteiger partial charge in [-0.1, -0.05) is 11.6 Å². The van der Waals surface area contributed by atoms with Crippen LogP contribution in [0.4, 0.5) is 0 Å². The summed E-state index contributed by atoms with van der Waals surface area (Å²) in [6.07, 6.45) is 0.988. The van der Waals surface area contributed by atoms with Gasteiger partial charge in [0.05, 0.1) is 20.6 Å². The zero-order valence-electron chi connectivity index (χ0n) is 9.72. The maximum atomic E-state index is 11.6. The van der Waals surface area contributed by atoms with E-state index in [1.165, 1.54) is 4.90 Å². The van der Waals surface area contributed by atoms with Crippen molar-refractivity contribution in [2.45, 2.75) is 6.42 Å². The quantitative estimate of drug-likeness (QED) is 0.728. The third-order valence-electron chi connectivity index (χ3n) is 2.25. The molecular formula is C12H18ClN2O+. The summed E-state index contributed by atoms with van der Waals surface area (Å²) in [5, 5.41) is 3.52. The predicted octanol–water partition coefficient (Wildman–Crippen LogP) is 0.604. The van der Waals surface area contributed by atoms with E-state index in [-0.39, 0.29) is 5.91 Å². The van der Waals surface area contributed by atoms with Gasteiger partial charge in [-0.15, -0.1) is 0 Å². The van der Waals surface area contributed by atoms with E-state index in [2.05, 4.69) is 19.4 Å². The first-order valence-corrected chi connectivity index (χ1v) is 5.80. The first-order chi connectivity index (χ1) is 7.59. The number of nitrogens with one attached hydrogen (secondary N) is 2. The summed E-state index contributed by atoms with van der Waals surface area (Å²) in [7, 11) is 4.20. The van der Waals surface area contributed by atoms with Crippen LogP contribution >= 0.6 is 11.6 Å². The van der Waals surface area contributed by atoms with Crippen molar-refractivity contribution in [1.29, 1.82) is 0 Å². The number of hydrogen-bond acceptors (Lipinski definition) is 1. The Morgan fingerprint density at radius 1 is 1.31 bits per heavy atom. The standard InChI is InChI=1S/C12H17ClN2O/c1-15(2)9-3-8-14-12(16)10-4-6-11(13)7-5-10/h4-7H,3,8-9H2,1-2H3,(H,14,16)/p+1. The summed E-state index contributed by atoms with van der Waals surface area (Å²) in [6, 6.07) is 6.91. The Bertz CT molecular complexity index is 335. The van der Waals surface area contributed by atoms with Crippen LogP contribution < -0.4 is 10.2 Å². The second-order valence-electron chi connectivity index (χ2n) is 4.07. The highest BCUT2D eigenvalue weighted by Crippen LogP contribution is 2.09. The van der Waals surface area contributed by atoms with Crippen LogP contribution in [0.5, 0.6) is 0 Å². The molecule has 0 bridgehead atoms. The largest absolute Gasteiger partial charge is 0.352 e. The zero-order valence-corrected chi connectivity index (χ0v) is 10.5. The molecule has 1 rings (SSSR count). The topological polar surface area (TPSA) is 33.5 Å². The lowest BCUT2D eigenvalue weighted by molar-refractivity contribution is -0.858. The highest BCUT2D eigenvalue weighted by atomic mass is 35.5. The van der Waals surface area contributed by atoms with Crippen molar-refractivity contribution in [2.24, 2.45) is 0 Å². The Labute approximate surface area is 101 Å². The molecule has 1 aromatic rings. The third kappa shape index (κ3) is 4.64. The third-order valence-corrected chi connectivity index (χ3v) is 2.50. The van der Waals surface area contributed by atoms with E-state index < -0.39 is 0 Å². The van der Waals surface area contributed by atoms with Gasteiger partial charge < -0.3 is 10.2 Å². The molecule has 0 heterocycles. The summed E-state index contributed by atoms with van der Waals surface area (Å²) in [5.74, 6) is -0.0366. The molecule has 1 amide bonds. The molecule has 88 valence electrons. The monoisotopic (exact) mass is 241 g/mol. The SMILES string of the molecule is C[NH+](C)CCCNC(=O)c1ccc(Cl)cc1. The van der Waals surface area contributed by atoms with Gasteiger partial charge in [-0.25, -0.2) is 0 Å². The lowest BCUT2D eigenvalue weighted by atomic mass is 10.2. The van der Waals surface area contributed by atoms with Crippen molar-refractivity contribution in [2.75, 3.05) is 27.2 Å². The Morgan fingerprint density at radius 3 is 2.50 bits per heavy atom. The summed E-state index contributed by atoms with van der Waals surface area (Å²) in [5.41, 5.74) is 0.654. The molecule has 16 heavy (non-hydrogen) atoms. The smallest absolute Gasteiger partial charge is 0.251 e. The summed E-state index contributed by atoms with van der Waals surface area (Å²) in [6.45, 7) is 1.77. The van der Waals surface area contributed by atoms with Gasteiger partial charge in [-0.05, 0) is 24.3 Å². The molecule has 0 aromatic heterocycles. The summed E-state index contributed by atoms with van der Waals surface area (Å²) < 4.78 is 0. The molecule has 2 N–H and O–H groups in total. The predicted molar refractivity (Wildman–Crippen MR) is 66.1 cm³/mol. The maximum absolute atomic E-state index is 11.6. The minimum absolute atomic E-state index is 0.0366. The fraction of sp³-hybridized carbons (Fsp3) is 0.417. The van der Waals surface area contributed by atoms with Crippen molar-refractivity contribution in [1.82, 2.24) is 5.32 Å². The van der Waals surface area contributed by atoms with Crippen molar-refractivity contribution in [3.05, 3.63) is 34.9 Å². The number of halogens is 1. The van der Waals surface area contributed by atoms with Gasteiger partial charge in [-0.3, -0.25) is 4.79 Å². The zero-order chi connectivity index (χ0) is 12.0. The van der Waals surface area contributed by atoms with Crippen LogP contribution in [0.1, 0.15) is 16.8 Å². The highest BCUT2D eigenvalue weighted by Gasteiger charge is 2.04. The Kier molecular flexibility index (Phi) is 5.29. The Balaban J connectivity index is 2.32. The fourth-order valence-electron chi connectivity index (χ4n) is 1.35. The van der Waals surface area contributed by atoms with Gasteiger partial charge in [0.2, 0.25) is 0 Å². The maximum Gasteiger partial charge on any atom is 0.251 e. The Morgan fingerprint density at radius 2 is 1.94 bits per heavy atom. The van der Waals surface area contributed by atoms with Crippen LogP contribution in [0.2, 0.25) is 5.02 Å². The first-order valence-electron chi connectivity index (χ1n) is 5.42. The molecule has 0 aliphatic heterocycles. The van der Waals surface area contributed by atoms with Crippen molar-refractivity contribution in [3.8, 4) is 0 Å².